The summed E-state index contributed by atoms with van der Waals surface area (Å²) in [5.74, 6) is 0.190. The van der Waals surface area contributed by atoms with Crippen LogP contribution in [0.25, 0.3) is 0 Å². The summed E-state index contributed by atoms with van der Waals surface area (Å²) in [6.45, 7) is 4.81. The average molecular weight is 357 g/mol. The third kappa shape index (κ3) is 4.09. The van der Waals surface area contributed by atoms with Gasteiger partial charge in [0.15, 0.2) is 0 Å². The molecule has 142 valence electrons. The Balaban J connectivity index is 1.66. The number of rotatable bonds is 5. The molecular weight excluding hydrogens is 326 g/mol. The lowest BCUT2D eigenvalue weighted by Crippen LogP contribution is -2.43. The van der Waals surface area contributed by atoms with Crippen LogP contribution >= 0.6 is 0 Å². The van der Waals surface area contributed by atoms with E-state index in [2.05, 4.69) is 25.2 Å². The molecule has 5 nitrogen and oxygen atoms in total. The van der Waals surface area contributed by atoms with E-state index in [0.717, 1.165) is 37.8 Å². The largest absolute Gasteiger partial charge is 0.353 e. The number of hydrogen-bond acceptors (Lipinski definition) is 3. The van der Waals surface area contributed by atoms with Gasteiger partial charge in [-0.3, -0.25) is 9.59 Å². The van der Waals surface area contributed by atoms with Crippen molar-refractivity contribution in [2.24, 2.45) is 11.7 Å². The highest BCUT2D eigenvalue weighted by Gasteiger charge is 2.37. The summed E-state index contributed by atoms with van der Waals surface area (Å²) in [6.07, 6.45) is 5.12. The maximum Gasteiger partial charge on any atom is 0.227 e. The second-order valence-electron chi connectivity index (χ2n) is 7.89. The number of amides is 2. The number of carbonyl (C=O) groups is 2. The second-order valence-corrected chi connectivity index (χ2v) is 7.89. The SMILES string of the molecule is CCC(C)c1ccccc1N1CC(C(=O)NC2CCC(N)CC2)CC1=O. The van der Waals surface area contributed by atoms with E-state index in [-0.39, 0.29) is 29.8 Å². The van der Waals surface area contributed by atoms with Gasteiger partial charge in [-0.05, 0) is 49.7 Å². The topological polar surface area (TPSA) is 75.4 Å². The third-order valence-corrected chi connectivity index (χ3v) is 5.98. The van der Waals surface area contributed by atoms with Crippen molar-refractivity contribution in [1.82, 2.24) is 5.32 Å². The van der Waals surface area contributed by atoms with Crippen LogP contribution in [0.3, 0.4) is 0 Å². The molecule has 2 atom stereocenters. The first-order valence-corrected chi connectivity index (χ1v) is 9.94. The van der Waals surface area contributed by atoms with Crippen LogP contribution in [-0.4, -0.2) is 30.4 Å². The molecule has 2 unspecified atom stereocenters. The lowest BCUT2D eigenvalue weighted by molar-refractivity contribution is -0.127. The third-order valence-electron chi connectivity index (χ3n) is 5.98. The Morgan fingerprint density at radius 1 is 1.27 bits per heavy atom. The lowest BCUT2D eigenvalue weighted by Gasteiger charge is -2.28. The zero-order valence-electron chi connectivity index (χ0n) is 15.9. The molecule has 1 aromatic carbocycles. The maximum atomic E-state index is 12.7. The second kappa shape index (κ2) is 8.21. The fourth-order valence-corrected chi connectivity index (χ4v) is 4.07. The van der Waals surface area contributed by atoms with E-state index < -0.39 is 0 Å². The normalized spacial score (nSPS) is 27.4. The first-order valence-electron chi connectivity index (χ1n) is 9.94. The van der Waals surface area contributed by atoms with Crippen LogP contribution in [0.2, 0.25) is 0 Å². The first kappa shape index (κ1) is 18.9. The summed E-state index contributed by atoms with van der Waals surface area (Å²) in [4.78, 5) is 27.1. The van der Waals surface area contributed by atoms with Crippen molar-refractivity contribution in [2.45, 2.75) is 70.4 Å². The molecule has 1 saturated carbocycles. The van der Waals surface area contributed by atoms with Gasteiger partial charge in [0.1, 0.15) is 0 Å². The maximum absolute atomic E-state index is 12.7. The minimum atomic E-state index is -0.261. The Bertz CT molecular complexity index is 652. The smallest absolute Gasteiger partial charge is 0.227 e. The molecule has 0 radical (unpaired) electrons. The fraction of sp³-hybridized carbons (Fsp3) is 0.619. The van der Waals surface area contributed by atoms with Gasteiger partial charge in [-0.2, -0.15) is 0 Å². The van der Waals surface area contributed by atoms with Gasteiger partial charge < -0.3 is 16.0 Å². The van der Waals surface area contributed by atoms with E-state index >= 15 is 0 Å². The van der Waals surface area contributed by atoms with Crippen molar-refractivity contribution in [2.75, 3.05) is 11.4 Å². The van der Waals surface area contributed by atoms with E-state index in [4.69, 9.17) is 5.73 Å². The van der Waals surface area contributed by atoms with Crippen molar-refractivity contribution >= 4 is 17.5 Å². The number of nitrogens with zero attached hydrogens (tertiary/aromatic N) is 1. The van der Waals surface area contributed by atoms with E-state index in [1.54, 1.807) is 0 Å². The van der Waals surface area contributed by atoms with Gasteiger partial charge in [0.25, 0.3) is 0 Å². The van der Waals surface area contributed by atoms with E-state index in [9.17, 15) is 9.59 Å². The van der Waals surface area contributed by atoms with Gasteiger partial charge in [-0.15, -0.1) is 0 Å². The fourth-order valence-electron chi connectivity index (χ4n) is 4.07. The molecule has 2 fully saturated rings. The molecule has 0 aromatic heterocycles. The van der Waals surface area contributed by atoms with E-state index in [1.807, 2.05) is 23.1 Å². The van der Waals surface area contributed by atoms with Gasteiger partial charge in [0, 0.05) is 30.7 Å². The Labute approximate surface area is 156 Å². The minimum Gasteiger partial charge on any atom is -0.353 e. The highest BCUT2D eigenvalue weighted by atomic mass is 16.2. The van der Waals surface area contributed by atoms with Gasteiger partial charge in [0.05, 0.1) is 5.92 Å². The standard InChI is InChI=1S/C21H31N3O2/c1-3-14(2)18-6-4-5-7-19(18)24-13-15(12-20(24)25)21(26)23-17-10-8-16(22)9-11-17/h4-7,14-17H,3,8-13,22H2,1-2H3,(H,23,26). The highest BCUT2D eigenvalue weighted by molar-refractivity contribution is 6.01. The molecule has 3 rings (SSSR count). The average Bonchev–Trinajstić information content (AvgIpc) is 3.04. The van der Waals surface area contributed by atoms with Gasteiger partial charge >= 0.3 is 0 Å². The molecule has 0 spiro atoms. The molecule has 1 aromatic rings. The van der Waals surface area contributed by atoms with Crippen LogP contribution < -0.4 is 16.0 Å². The summed E-state index contributed by atoms with van der Waals surface area (Å²) >= 11 is 0. The highest BCUT2D eigenvalue weighted by Crippen LogP contribution is 2.33. The molecule has 1 saturated heterocycles. The molecule has 26 heavy (non-hydrogen) atoms. The summed E-state index contributed by atoms with van der Waals surface area (Å²) in [6, 6.07) is 8.55. The number of hydrogen-bond donors (Lipinski definition) is 2. The van der Waals surface area contributed by atoms with Crippen LogP contribution in [-0.2, 0) is 9.59 Å². The van der Waals surface area contributed by atoms with Crippen LogP contribution in [0, 0.1) is 5.92 Å². The van der Waals surface area contributed by atoms with E-state index in [1.165, 1.54) is 5.56 Å². The van der Waals surface area contributed by atoms with Crippen molar-refractivity contribution in [3.63, 3.8) is 0 Å². The number of nitrogens with two attached hydrogens (primary N) is 1. The van der Waals surface area contributed by atoms with E-state index in [0.29, 0.717) is 18.9 Å². The van der Waals surface area contributed by atoms with Crippen molar-refractivity contribution in [3.05, 3.63) is 29.8 Å². The van der Waals surface area contributed by atoms with Crippen molar-refractivity contribution < 1.29 is 9.59 Å². The molecule has 1 heterocycles. The van der Waals surface area contributed by atoms with Crippen molar-refractivity contribution in [3.8, 4) is 0 Å². The van der Waals surface area contributed by atoms with Crippen molar-refractivity contribution in [1.29, 1.82) is 0 Å². The van der Waals surface area contributed by atoms with Gasteiger partial charge in [0.2, 0.25) is 11.8 Å². The number of carbonyl (C=O) groups excluding carboxylic acids is 2. The predicted octanol–water partition coefficient (Wildman–Crippen LogP) is 2.94. The summed E-state index contributed by atoms with van der Waals surface area (Å²) in [7, 11) is 0. The summed E-state index contributed by atoms with van der Waals surface area (Å²) < 4.78 is 0. The zero-order chi connectivity index (χ0) is 18.7. The molecule has 0 bridgehead atoms. The zero-order valence-corrected chi connectivity index (χ0v) is 15.9. The number of anilines is 1. The molecular formula is C21H31N3O2. The number of para-hydroxylation sites is 1. The molecule has 1 aliphatic heterocycles. The number of nitrogens with one attached hydrogen (secondary N) is 1. The predicted molar refractivity (Wildman–Crippen MR) is 104 cm³/mol. The van der Waals surface area contributed by atoms with Crippen LogP contribution in [0.4, 0.5) is 5.69 Å². The quantitative estimate of drug-likeness (QED) is 0.851. The lowest BCUT2D eigenvalue weighted by atomic mass is 9.91. The number of benzene rings is 1. The van der Waals surface area contributed by atoms with Crippen LogP contribution in [0.1, 0.15) is 63.9 Å². The van der Waals surface area contributed by atoms with Gasteiger partial charge in [-0.25, -0.2) is 0 Å². The molecule has 5 heteroatoms. The first-order chi connectivity index (χ1) is 12.5. The monoisotopic (exact) mass is 357 g/mol. The molecule has 1 aliphatic carbocycles. The molecule has 2 amide bonds. The summed E-state index contributed by atoms with van der Waals surface area (Å²) in [5, 5.41) is 3.15. The Kier molecular flexibility index (Phi) is 5.97. The van der Waals surface area contributed by atoms with Crippen LogP contribution in [0.5, 0.6) is 0 Å². The van der Waals surface area contributed by atoms with Gasteiger partial charge in [-0.1, -0.05) is 32.0 Å². The summed E-state index contributed by atoms with van der Waals surface area (Å²) in [5.41, 5.74) is 8.09. The Morgan fingerprint density at radius 2 is 1.96 bits per heavy atom. The Hall–Kier alpha value is -1.88. The minimum absolute atomic E-state index is 0.0161. The Morgan fingerprint density at radius 3 is 2.65 bits per heavy atom. The van der Waals surface area contributed by atoms with Crippen LogP contribution in [0.15, 0.2) is 24.3 Å². The molecule has 2 aliphatic rings. The molecule has 3 N–H and O–H groups in total.